The molecule has 270 valence electrons. The summed E-state index contributed by atoms with van der Waals surface area (Å²) in [6.45, 7) is 4.60. The van der Waals surface area contributed by atoms with Gasteiger partial charge < -0.3 is 20.1 Å². The Hall–Kier alpha value is -5.83. The minimum atomic E-state index is -2.61. The van der Waals surface area contributed by atoms with Crippen molar-refractivity contribution in [3.63, 3.8) is 0 Å². The Morgan fingerprint density at radius 3 is 1.77 bits per heavy atom. The molecule has 1 heterocycles. The van der Waals surface area contributed by atoms with Crippen molar-refractivity contribution in [1.82, 2.24) is 4.57 Å². The smallest absolute Gasteiger partial charge is 0.291 e. The molecule has 7 nitrogen and oxygen atoms in total. The molecule has 0 atom stereocenters. The second-order valence-corrected chi connectivity index (χ2v) is 13.4. The highest BCUT2D eigenvalue weighted by Crippen LogP contribution is 2.43. The van der Waals surface area contributed by atoms with Crippen molar-refractivity contribution in [2.24, 2.45) is 0 Å². The number of amides is 2. The molecule has 0 saturated heterocycles. The Labute approximate surface area is 310 Å². The molecule has 0 saturated carbocycles. The van der Waals surface area contributed by atoms with Crippen LogP contribution in [0.15, 0.2) is 146 Å². The molecule has 0 aliphatic rings. The van der Waals surface area contributed by atoms with Gasteiger partial charge in [-0.2, -0.15) is 0 Å². The lowest BCUT2D eigenvalue weighted by Gasteiger charge is -2.30. The lowest BCUT2D eigenvalue weighted by Crippen LogP contribution is -2.47. The average molecular weight is 710 g/mol. The highest BCUT2D eigenvalue weighted by Gasteiger charge is 2.38. The first-order valence-corrected chi connectivity index (χ1v) is 18.0. The fourth-order valence-corrected chi connectivity index (χ4v) is 6.85. The first-order valence-electron chi connectivity index (χ1n) is 18.0. The van der Waals surface area contributed by atoms with Gasteiger partial charge in [0.05, 0.1) is 11.3 Å². The molecule has 1 aromatic heterocycles. The Bertz CT molecular complexity index is 2080. The number of aliphatic hydroxyl groups is 2. The Morgan fingerprint density at radius 1 is 0.698 bits per heavy atom. The van der Waals surface area contributed by atoms with Crippen molar-refractivity contribution in [3.8, 4) is 22.4 Å². The maximum absolute atomic E-state index is 14.3. The largest absolute Gasteiger partial charge is 0.358 e. The van der Waals surface area contributed by atoms with Crippen LogP contribution < -0.4 is 10.2 Å². The number of carbonyl (C=O) groups is 2. The number of para-hydroxylation sites is 3. The van der Waals surface area contributed by atoms with Crippen LogP contribution in [0.5, 0.6) is 0 Å². The number of unbranched alkanes of at least 4 members (excludes halogenated alkanes) is 2. The van der Waals surface area contributed by atoms with Gasteiger partial charge in [-0.05, 0) is 90.6 Å². The summed E-state index contributed by atoms with van der Waals surface area (Å²) in [7, 11) is 0. The SMILES string of the molecule is CC(C)c1c(C(=O)Nc2ccccc2)c(-c2ccccc2)c(-c2ccc(F)cc2)n1CCCCCC(O)(O)C(=O)N(c1ccccc1)c1ccccc1. The molecule has 6 rings (SSSR count). The number of rotatable bonds is 14. The van der Waals surface area contributed by atoms with E-state index >= 15 is 0 Å². The zero-order chi connectivity index (χ0) is 37.4. The minimum absolute atomic E-state index is 0.0645. The molecule has 53 heavy (non-hydrogen) atoms. The highest BCUT2D eigenvalue weighted by molar-refractivity contribution is 6.12. The first-order chi connectivity index (χ1) is 25.7. The van der Waals surface area contributed by atoms with Crippen LogP contribution in [0.2, 0.25) is 0 Å². The number of nitrogens with one attached hydrogen (secondary N) is 1. The standard InChI is InChI=1S/C45H44FN3O4/c1-32(2)41-40(43(50)47-36-20-10-4-11-21-36)39(33-18-8-3-9-19-33)42(34-26-28-35(46)29-27-34)48(41)31-17-7-16-30-45(52,53)44(51)49(37-22-12-5-13-23-37)38-24-14-6-15-25-38/h3-6,8-15,18-29,32,52-53H,7,16-17,30-31H2,1-2H3,(H,47,50). The number of anilines is 3. The molecular weight excluding hydrogens is 666 g/mol. The summed E-state index contributed by atoms with van der Waals surface area (Å²) in [5.74, 6) is -4.10. The van der Waals surface area contributed by atoms with Gasteiger partial charge in [0, 0.05) is 41.3 Å². The molecule has 0 bridgehead atoms. The van der Waals surface area contributed by atoms with Crippen molar-refractivity contribution >= 4 is 28.9 Å². The van der Waals surface area contributed by atoms with Crippen molar-refractivity contribution in [2.75, 3.05) is 10.2 Å². The fourth-order valence-electron chi connectivity index (χ4n) is 6.85. The molecule has 0 spiro atoms. The molecule has 2 amide bonds. The first kappa shape index (κ1) is 36.9. The van der Waals surface area contributed by atoms with Crippen LogP contribution in [-0.2, 0) is 11.3 Å². The van der Waals surface area contributed by atoms with Gasteiger partial charge >= 0.3 is 0 Å². The summed E-state index contributed by atoms with van der Waals surface area (Å²) in [6.07, 6.45) is 1.36. The quantitative estimate of drug-likeness (QED) is 0.0775. The molecule has 6 aromatic rings. The predicted molar refractivity (Wildman–Crippen MR) is 209 cm³/mol. The van der Waals surface area contributed by atoms with E-state index < -0.39 is 11.7 Å². The van der Waals surface area contributed by atoms with Crippen LogP contribution in [0, 0.1) is 5.82 Å². The molecule has 0 fully saturated rings. The molecule has 8 heteroatoms. The summed E-state index contributed by atoms with van der Waals surface area (Å²) in [5, 5.41) is 25.4. The Kier molecular flexibility index (Phi) is 11.6. The maximum atomic E-state index is 14.3. The summed E-state index contributed by atoms with van der Waals surface area (Å²) < 4.78 is 16.4. The van der Waals surface area contributed by atoms with Crippen LogP contribution in [-0.4, -0.2) is 32.4 Å². The molecule has 0 radical (unpaired) electrons. The molecule has 0 unspecified atom stereocenters. The number of benzene rings is 5. The average Bonchev–Trinajstić information content (AvgIpc) is 3.52. The number of carbonyl (C=O) groups excluding carboxylic acids is 2. The maximum Gasteiger partial charge on any atom is 0.291 e. The van der Waals surface area contributed by atoms with Crippen LogP contribution in [0.3, 0.4) is 0 Å². The van der Waals surface area contributed by atoms with E-state index in [0.29, 0.717) is 48.4 Å². The zero-order valence-electron chi connectivity index (χ0n) is 30.0. The van der Waals surface area contributed by atoms with Gasteiger partial charge in [0.2, 0.25) is 5.79 Å². The lowest BCUT2D eigenvalue weighted by molar-refractivity contribution is -0.184. The van der Waals surface area contributed by atoms with E-state index in [9.17, 15) is 24.2 Å². The van der Waals surface area contributed by atoms with Gasteiger partial charge in [-0.25, -0.2) is 4.39 Å². The van der Waals surface area contributed by atoms with Crippen molar-refractivity contribution < 1.29 is 24.2 Å². The van der Waals surface area contributed by atoms with E-state index in [1.54, 1.807) is 60.7 Å². The van der Waals surface area contributed by atoms with E-state index in [4.69, 9.17) is 0 Å². The van der Waals surface area contributed by atoms with Gasteiger partial charge in [-0.15, -0.1) is 0 Å². The molecule has 0 aliphatic carbocycles. The normalized spacial score (nSPS) is 11.4. The number of halogens is 1. The topological polar surface area (TPSA) is 94.8 Å². The van der Waals surface area contributed by atoms with Crippen molar-refractivity contribution in [1.29, 1.82) is 0 Å². The van der Waals surface area contributed by atoms with E-state index in [2.05, 4.69) is 23.7 Å². The molecule has 0 aliphatic heterocycles. The summed E-state index contributed by atoms with van der Waals surface area (Å²) in [4.78, 5) is 29.4. The summed E-state index contributed by atoms with van der Waals surface area (Å²) in [6, 6.07) is 43.2. The highest BCUT2D eigenvalue weighted by atomic mass is 19.1. The number of aromatic nitrogens is 1. The Balaban J connectivity index is 1.30. The Morgan fingerprint density at radius 2 is 1.23 bits per heavy atom. The van der Waals surface area contributed by atoms with Gasteiger partial charge in [0.25, 0.3) is 11.8 Å². The van der Waals surface area contributed by atoms with Gasteiger partial charge in [0.15, 0.2) is 0 Å². The van der Waals surface area contributed by atoms with Gasteiger partial charge in [-0.1, -0.05) is 105 Å². The molecule has 3 N–H and O–H groups in total. The minimum Gasteiger partial charge on any atom is -0.358 e. The number of nitrogens with zero attached hydrogens (tertiary/aromatic N) is 2. The summed E-state index contributed by atoms with van der Waals surface area (Å²) in [5.41, 5.74) is 6.29. The second-order valence-electron chi connectivity index (χ2n) is 13.4. The van der Waals surface area contributed by atoms with Gasteiger partial charge in [-0.3, -0.25) is 14.5 Å². The predicted octanol–water partition coefficient (Wildman–Crippen LogP) is 9.94. The van der Waals surface area contributed by atoms with Crippen molar-refractivity contribution in [3.05, 3.63) is 163 Å². The molecular formula is C45H44FN3O4. The third-order valence-corrected chi connectivity index (χ3v) is 9.27. The second kappa shape index (κ2) is 16.7. The zero-order valence-corrected chi connectivity index (χ0v) is 30.0. The third kappa shape index (κ3) is 8.46. The third-order valence-electron chi connectivity index (χ3n) is 9.27. The fraction of sp³-hybridized carbons (Fsp3) is 0.200. The number of hydrogen-bond acceptors (Lipinski definition) is 4. The van der Waals surface area contributed by atoms with Crippen LogP contribution in [0.1, 0.15) is 61.5 Å². The van der Waals surface area contributed by atoms with Gasteiger partial charge in [0.1, 0.15) is 5.82 Å². The van der Waals surface area contributed by atoms with Crippen molar-refractivity contribution in [2.45, 2.75) is 57.8 Å². The lowest BCUT2D eigenvalue weighted by atomic mass is 9.94. The van der Waals surface area contributed by atoms with Crippen LogP contribution >= 0.6 is 0 Å². The number of hydrogen-bond donors (Lipinski definition) is 3. The summed E-state index contributed by atoms with van der Waals surface area (Å²) >= 11 is 0. The monoisotopic (exact) mass is 709 g/mol. The molecule has 5 aromatic carbocycles. The van der Waals surface area contributed by atoms with Crippen LogP contribution in [0.4, 0.5) is 21.5 Å². The van der Waals surface area contributed by atoms with E-state index in [-0.39, 0.29) is 24.1 Å². The van der Waals surface area contributed by atoms with Crippen LogP contribution in [0.25, 0.3) is 22.4 Å². The van der Waals surface area contributed by atoms with E-state index in [0.717, 1.165) is 28.1 Å². The van der Waals surface area contributed by atoms with E-state index in [1.165, 1.54) is 17.0 Å². The van der Waals surface area contributed by atoms with E-state index in [1.807, 2.05) is 72.8 Å².